The summed E-state index contributed by atoms with van der Waals surface area (Å²) >= 11 is 0. The van der Waals surface area contributed by atoms with Gasteiger partial charge in [-0.25, -0.2) is 4.98 Å². The van der Waals surface area contributed by atoms with Gasteiger partial charge in [-0.05, 0) is 44.4 Å². The number of methoxy groups -OCH3 is 1. The van der Waals surface area contributed by atoms with Gasteiger partial charge in [0, 0.05) is 18.4 Å². The van der Waals surface area contributed by atoms with Gasteiger partial charge >= 0.3 is 0 Å². The highest BCUT2D eigenvalue weighted by molar-refractivity contribution is 7.85. The molecule has 0 spiro atoms. The Morgan fingerprint density at radius 3 is 2.93 bits per heavy atom. The monoisotopic (exact) mass is 399 g/mol. The first kappa shape index (κ1) is 19.1. The number of imidazole rings is 1. The largest absolute Gasteiger partial charge is 0.496 e. The summed E-state index contributed by atoms with van der Waals surface area (Å²) in [6, 6.07) is 9.73. The average molecular weight is 400 g/mol. The van der Waals surface area contributed by atoms with Gasteiger partial charge in [0.15, 0.2) is 0 Å². The highest BCUT2D eigenvalue weighted by Crippen LogP contribution is 2.38. The molecule has 0 N–H and O–H groups in total. The summed E-state index contributed by atoms with van der Waals surface area (Å²) < 4.78 is 26.9. The molecule has 2 unspecified atom stereocenters. The number of para-hydroxylation sites is 2. The van der Waals surface area contributed by atoms with Crippen molar-refractivity contribution in [1.82, 2.24) is 14.5 Å². The van der Waals surface area contributed by atoms with Crippen molar-refractivity contribution in [2.24, 2.45) is 0 Å². The van der Waals surface area contributed by atoms with Crippen molar-refractivity contribution in [2.75, 3.05) is 13.7 Å². The fourth-order valence-corrected chi connectivity index (χ4v) is 5.43. The maximum absolute atomic E-state index is 13.8. The Bertz CT molecular complexity index is 1000. The Labute approximate surface area is 167 Å². The molecule has 2 atom stereocenters. The maximum atomic E-state index is 13.8. The van der Waals surface area contributed by atoms with Crippen LogP contribution < -0.4 is 4.74 Å². The molecular weight excluding hydrogens is 374 g/mol. The summed E-state index contributed by atoms with van der Waals surface area (Å²) in [6.07, 6.45) is 5.50. The predicted octanol–water partition coefficient (Wildman–Crippen LogP) is 4.01. The molecule has 0 saturated heterocycles. The van der Waals surface area contributed by atoms with Gasteiger partial charge in [0.25, 0.3) is 0 Å². The van der Waals surface area contributed by atoms with Crippen LogP contribution in [0.1, 0.15) is 42.7 Å². The highest BCUT2D eigenvalue weighted by Gasteiger charge is 2.31. The van der Waals surface area contributed by atoms with Crippen LogP contribution in [0.4, 0.5) is 0 Å². The third-order valence-electron chi connectivity index (χ3n) is 5.20. The van der Waals surface area contributed by atoms with E-state index < -0.39 is 10.8 Å². The second-order valence-electron chi connectivity index (χ2n) is 6.84. The van der Waals surface area contributed by atoms with Crippen LogP contribution in [0.5, 0.6) is 5.75 Å². The molecule has 4 rings (SSSR count). The quantitative estimate of drug-likeness (QED) is 0.586. The second kappa shape index (κ2) is 8.41. The zero-order chi connectivity index (χ0) is 19.5. The van der Waals surface area contributed by atoms with E-state index in [1.165, 1.54) is 0 Å². The van der Waals surface area contributed by atoms with E-state index in [4.69, 9.17) is 14.5 Å². The summed E-state index contributed by atoms with van der Waals surface area (Å²) in [5, 5.41) is 0.349. The van der Waals surface area contributed by atoms with Crippen molar-refractivity contribution in [1.29, 1.82) is 0 Å². The zero-order valence-electron chi connectivity index (χ0n) is 16.3. The summed E-state index contributed by atoms with van der Waals surface area (Å²) in [5.74, 6) is 0.830. The van der Waals surface area contributed by atoms with Crippen LogP contribution in [-0.2, 0) is 28.7 Å². The first-order chi connectivity index (χ1) is 13.7. The van der Waals surface area contributed by atoms with Crippen molar-refractivity contribution >= 4 is 21.8 Å². The van der Waals surface area contributed by atoms with Crippen molar-refractivity contribution in [3.05, 3.63) is 47.8 Å². The lowest BCUT2D eigenvalue weighted by atomic mass is 10.1. The van der Waals surface area contributed by atoms with Crippen LogP contribution in [-0.4, -0.2) is 32.5 Å². The number of benzene rings is 1. The summed E-state index contributed by atoms with van der Waals surface area (Å²) in [5.41, 5.74) is 3.73. The summed E-state index contributed by atoms with van der Waals surface area (Å²) in [6.45, 7) is 2.88. The summed E-state index contributed by atoms with van der Waals surface area (Å²) in [4.78, 5) is 9.33. The topological polar surface area (TPSA) is 66.2 Å². The molecule has 3 aromatic rings. The highest BCUT2D eigenvalue weighted by atomic mass is 32.2. The van der Waals surface area contributed by atoms with Crippen LogP contribution >= 0.6 is 0 Å². The fraction of sp³-hybridized carbons (Fsp3) is 0.429. The molecule has 1 aliphatic carbocycles. The van der Waals surface area contributed by atoms with Crippen LogP contribution in [0, 0.1) is 0 Å². The summed E-state index contributed by atoms with van der Waals surface area (Å²) in [7, 11) is 0.328. The Morgan fingerprint density at radius 2 is 2.11 bits per heavy atom. The standard InChI is InChI=1S/C21H25N3O3S/c1-3-27-14-24-17-10-6-5-9-16(17)23-21(24)28(25)19-11-7-4-8-15-18(26-2)12-13-22-20(15)19/h5-6,9-10,12-13,19H,3-4,7-8,11,14H2,1-2H3. The third kappa shape index (κ3) is 3.44. The van der Waals surface area contributed by atoms with E-state index >= 15 is 0 Å². The van der Waals surface area contributed by atoms with E-state index in [1.54, 1.807) is 13.3 Å². The fourth-order valence-electron chi connectivity index (χ4n) is 3.83. The van der Waals surface area contributed by atoms with Gasteiger partial charge in [0.05, 0.1) is 39.9 Å². The van der Waals surface area contributed by atoms with Gasteiger partial charge in [-0.15, -0.1) is 0 Å². The average Bonchev–Trinajstić information content (AvgIpc) is 2.95. The van der Waals surface area contributed by atoms with E-state index in [-0.39, 0.29) is 5.25 Å². The molecule has 28 heavy (non-hydrogen) atoms. The smallest absolute Gasteiger partial charge is 0.202 e. The molecule has 0 saturated carbocycles. The Kier molecular flexibility index (Phi) is 5.73. The van der Waals surface area contributed by atoms with Gasteiger partial charge in [0.2, 0.25) is 5.16 Å². The van der Waals surface area contributed by atoms with Crippen molar-refractivity contribution in [3.63, 3.8) is 0 Å². The molecule has 2 aromatic heterocycles. The van der Waals surface area contributed by atoms with E-state index in [0.717, 1.165) is 53.7 Å². The second-order valence-corrected chi connectivity index (χ2v) is 8.37. The van der Waals surface area contributed by atoms with E-state index in [0.29, 0.717) is 18.5 Å². The molecule has 0 bridgehead atoms. The molecule has 1 aliphatic rings. The lowest BCUT2D eigenvalue weighted by Gasteiger charge is -2.18. The van der Waals surface area contributed by atoms with Crippen molar-refractivity contribution < 1.29 is 13.7 Å². The van der Waals surface area contributed by atoms with E-state index in [2.05, 4.69) is 4.98 Å². The predicted molar refractivity (Wildman–Crippen MR) is 109 cm³/mol. The lowest BCUT2D eigenvalue weighted by molar-refractivity contribution is 0.0846. The molecule has 0 amide bonds. The number of aromatic nitrogens is 3. The van der Waals surface area contributed by atoms with Crippen molar-refractivity contribution in [3.8, 4) is 5.75 Å². The lowest BCUT2D eigenvalue weighted by Crippen LogP contribution is -2.16. The first-order valence-corrected chi connectivity index (χ1v) is 10.9. The Balaban J connectivity index is 1.80. The molecule has 6 nitrogen and oxygen atoms in total. The molecule has 7 heteroatoms. The van der Waals surface area contributed by atoms with Gasteiger partial charge in [-0.1, -0.05) is 18.6 Å². The van der Waals surface area contributed by atoms with Crippen LogP contribution in [0.2, 0.25) is 0 Å². The molecule has 0 radical (unpaired) electrons. The Hall–Kier alpha value is -2.25. The number of ether oxygens (including phenoxy) is 2. The minimum Gasteiger partial charge on any atom is -0.496 e. The molecule has 0 aliphatic heterocycles. The van der Waals surface area contributed by atoms with Crippen molar-refractivity contribution in [2.45, 2.75) is 49.7 Å². The zero-order valence-corrected chi connectivity index (χ0v) is 17.1. The van der Waals surface area contributed by atoms with Gasteiger partial charge in [0.1, 0.15) is 12.5 Å². The van der Waals surface area contributed by atoms with E-state index in [1.807, 2.05) is 41.8 Å². The first-order valence-electron chi connectivity index (χ1n) is 9.70. The number of pyridine rings is 1. The van der Waals surface area contributed by atoms with Gasteiger partial charge in [-0.3, -0.25) is 13.8 Å². The van der Waals surface area contributed by atoms with Crippen LogP contribution in [0.15, 0.2) is 41.7 Å². The third-order valence-corrected chi connectivity index (χ3v) is 6.84. The molecule has 2 heterocycles. The molecule has 1 aromatic carbocycles. The van der Waals surface area contributed by atoms with E-state index in [9.17, 15) is 4.21 Å². The number of hydrogen-bond donors (Lipinski definition) is 0. The van der Waals surface area contributed by atoms with Gasteiger partial charge in [-0.2, -0.15) is 0 Å². The van der Waals surface area contributed by atoms with Gasteiger partial charge < -0.3 is 9.47 Å². The van der Waals surface area contributed by atoms with Crippen LogP contribution in [0.25, 0.3) is 11.0 Å². The number of rotatable bonds is 6. The SMILES string of the molecule is CCOCn1c(S(=O)C2CCCCc3c(OC)ccnc32)nc2ccccc21. The minimum absolute atomic E-state index is 0.204. The maximum Gasteiger partial charge on any atom is 0.202 e. The molecule has 0 fully saturated rings. The van der Waals surface area contributed by atoms with Crippen LogP contribution in [0.3, 0.4) is 0 Å². The molecule has 148 valence electrons. The minimum atomic E-state index is -1.35. The number of nitrogens with zero attached hydrogens (tertiary/aromatic N) is 3. The number of fused-ring (bicyclic) bond motifs is 2. The molecular formula is C21H25N3O3S. The number of hydrogen-bond acceptors (Lipinski definition) is 5. The Morgan fingerprint density at radius 1 is 1.25 bits per heavy atom. The normalized spacial score (nSPS) is 17.9.